The van der Waals surface area contributed by atoms with Gasteiger partial charge in [-0.15, -0.1) is 11.3 Å². The molecule has 17 heavy (non-hydrogen) atoms. The third-order valence-electron chi connectivity index (χ3n) is 3.32. The van der Waals surface area contributed by atoms with Crippen molar-refractivity contribution in [2.45, 2.75) is 19.4 Å². The van der Waals surface area contributed by atoms with Crippen LogP contribution in [0.3, 0.4) is 0 Å². The average Bonchev–Trinajstić information content (AvgIpc) is 2.95. The van der Waals surface area contributed by atoms with Gasteiger partial charge in [0.2, 0.25) is 0 Å². The van der Waals surface area contributed by atoms with E-state index in [0.717, 1.165) is 24.4 Å². The fourth-order valence-corrected chi connectivity index (χ4v) is 3.25. The molecule has 1 saturated heterocycles. The number of halogens is 1. The van der Waals surface area contributed by atoms with E-state index in [1.807, 2.05) is 6.92 Å². The highest BCUT2D eigenvalue weighted by atomic mass is 35.5. The Morgan fingerprint density at radius 3 is 3.00 bits per heavy atom. The minimum atomic E-state index is -0.124. The second-order valence-electron chi connectivity index (χ2n) is 4.48. The summed E-state index contributed by atoms with van der Waals surface area (Å²) in [6.07, 6.45) is 0.972. The summed E-state index contributed by atoms with van der Waals surface area (Å²) in [6.45, 7) is 3.83. The number of hydrogen-bond donors (Lipinski definition) is 1. The molecule has 1 aliphatic rings. The number of carbonyl (C=O) groups excluding carboxylic acids is 1. The van der Waals surface area contributed by atoms with Gasteiger partial charge in [0.25, 0.3) is 0 Å². The molecule has 0 radical (unpaired) electrons. The molecule has 1 fully saturated rings. The Kier molecular flexibility index (Phi) is 4.20. The fourth-order valence-electron chi connectivity index (χ4n) is 2.18. The SMILES string of the molecule is CC(C(=O)c1ccc(Cl)s1)N1CCC(CO)C1. The van der Waals surface area contributed by atoms with Gasteiger partial charge in [-0.3, -0.25) is 9.69 Å². The highest BCUT2D eigenvalue weighted by Crippen LogP contribution is 2.25. The lowest BCUT2D eigenvalue weighted by molar-refractivity contribution is 0.0862. The molecule has 0 aliphatic carbocycles. The molecular weight excluding hydrogens is 258 g/mol. The van der Waals surface area contributed by atoms with E-state index in [2.05, 4.69) is 4.90 Å². The quantitative estimate of drug-likeness (QED) is 0.856. The van der Waals surface area contributed by atoms with Crippen molar-refractivity contribution in [3.63, 3.8) is 0 Å². The van der Waals surface area contributed by atoms with E-state index >= 15 is 0 Å². The van der Waals surface area contributed by atoms with Crippen LogP contribution in [-0.2, 0) is 0 Å². The van der Waals surface area contributed by atoms with Crippen LogP contribution in [-0.4, -0.2) is 41.5 Å². The fraction of sp³-hybridized carbons (Fsp3) is 0.583. The maximum Gasteiger partial charge on any atom is 0.189 e. The number of Topliss-reactive ketones (excluding diaryl/α,β-unsaturated/α-hetero) is 1. The number of aliphatic hydroxyl groups is 1. The molecule has 0 amide bonds. The summed E-state index contributed by atoms with van der Waals surface area (Å²) in [5.41, 5.74) is 0. The molecule has 0 saturated carbocycles. The summed E-state index contributed by atoms with van der Waals surface area (Å²) in [4.78, 5) is 15.0. The van der Waals surface area contributed by atoms with Crippen LogP contribution in [0.5, 0.6) is 0 Å². The Balaban J connectivity index is 2.00. The maximum atomic E-state index is 12.2. The number of hydrogen-bond acceptors (Lipinski definition) is 4. The van der Waals surface area contributed by atoms with E-state index < -0.39 is 0 Å². The third kappa shape index (κ3) is 2.88. The summed E-state index contributed by atoms with van der Waals surface area (Å²) in [7, 11) is 0. The zero-order valence-corrected chi connectivity index (χ0v) is 11.3. The Bertz CT molecular complexity index is 407. The topological polar surface area (TPSA) is 40.5 Å². The lowest BCUT2D eigenvalue weighted by Crippen LogP contribution is -2.37. The summed E-state index contributed by atoms with van der Waals surface area (Å²) >= 11 is 7.16. The van der Waals surface area contributed by atoms with E-state index in [0.29, 0.717) is 10.3 Å². The maximum absolute atomic E-state index is 12.2. The molecular formula is C12H16ClNO2S. The first-order valence-corrected chi connectivity index (χ1v) is 6.95. The molecule has 2 unspecified atom stereocenters. The van der Waals surface area contributed by atoms with E-state index in [9.17, 15) is 4.79 Å². The number of carbonyl (C=O) groups is 1. The Hall–Kier alpha value is -0.420. The van der Waals surface area contributed by atoms with Crippen molar-refractivity contribution in [2.75, 3.05) is 19.7 Å². The summed E-state index contributed by atoms with van der Waals surface area (Å²) in [5, 5.41) is 9.10. The van der Waals surface area contributed by atoms with Crippen molar-refractivity contribution in [3.05, 3.63) is 21.3 Å². The van der Waals surface area contributed by atoms with Crippen LogP contribution in [0.4, 0.5) is 0 Å². The number of aliphatic hydroxyl groups excluding tert-OH is 1. The molecule has 0 bridgehead atoms. The van der Waals surface area contributed by atoms with Crippen LogP contribution < -0.4 is 0 Å². The Morgan fingerprint density at radius 2 is 2.47 bits per heavy atom. The van der Waals surface area contributed by atoms with Gasteiger partial charge >= 0.3 is 0 Å². The zero-order chi connectivity index (χ0) is 12.4. The van der Waals surface area contributed by atoms with Crippen molar-refractivity contribution in [1.29, 1.82) is 0 Å². The molecule has 1 N–H and O–H groups in total. The van der Waals surface area contributed by atoms with E-state index in [4.69, 9.17) is 16.7 Å². The van der Waals surface area contributed by atoms with Crippen molar-refractivity contribution >= 4 is 28.7 Å². The van der Waals surface area contributed by atoms with Gasteiger partial charge in [0.05, 0.1) is 15.3 Å². The molecule has 94 valence electrons. The van der Waals surface area contributed by atoms with Crippen LogP contribution in [0.1, 0.15) is 23.0 Å². The summed E-state index contributed by atoms with van der Waals surface area (Å²) in [6, 6.07) is 3.42. The monoisotopic (exact) mass is 273 g/mol. The molecule has 0 aromatic carbocycles. The van der Waals surface area contributed by atoms with Gasteiger partial charge in [-0.25, -0.2) is 0 Å². The Morgan fingerprint density at radius 1 is 1.71 bits per heavy atom. The van der Waals surface area contributed by atoms with Gasteiger partial charge in [-0.05, 0) is 37.9 Å². The van der Waals surface area contributed by atoms with Gasteiger partial charge in [0, 0.05) is 13.2 Å². The van der Waals surface area contributed by atoms with Gasteiger partial charge in [-0.1, -0.05) is 11.6 Å². The van der Waals surface area contributed by atoms with Gasteiger partial charge in [-0.2, -0.15) is 0 Å². The number of rotatable bonds is 4. The number of thiophene rings is 1. The van der Waals surface area contributed by atoms with E-state index in [1.54, 1.807) is 12.1 Å². The van der Waals surface area contributed by atoms with Crippen LogP contribution in [0, 0.1) is 5.92 Å². The molecule has 1 aromatic heterocycles. The van der Waals surface area contributed by atoms with Crippen molar-refractivity contribution in [2.24, 2.45) is 5.92 Å². The first-order chi connectivity index (χ1) is 8.11. The zero-order valence-electron chi connectivity index (χ0n) is 9.73. The number of likely N-dealkylation sites (tertiary alicyclic amines) is 1. The molecule has 2 rings (SSSR count). The second-order valence-corrected chi connectivity index (χ2v) is 6.19. The van der Waals surface area contributed by atoms with Crippen LogP contribution in [0.25, 0.3) is 0 Å². The lowest BCUT2D eigenvalue weighted by atomic mass is 10.1. The van der Waals surface area contributed by atoms with Crippen LogP contribution >= 0.6 is 22.9 Å². The lowest BCUT2D eigenvalue weighted by Gasteiger charge is -2.22. The first kappa shape index (κ1) is 13.0. The Labute approximate surface area is 110 Å². The number of nitrogens with zero attached hydrogens (tertiary/aromatic N) is 1. The highest BCUT2D eigenvalue weighted by molar-refractivity contribution is 7.18. The summed E-state index contributed by atoms with van der Waals surface area (Å²) in [5.74, 6) is 0.442. The predicted octanol–water partition coefficient (Wildman–Crippen LogP) is 2.29. The van der Waals surface area contributed by atoms with Crippen molar-refractivity contribution in [1.82, 2.24) is 4.90 Å². The van der Waals surface area contributed by atoms with Gasteiger partial charge in [0.15, 0.2) is 5.78 Å². The molecule has 3 nitrogen and oxygen atoms in total. The molecule has 0 spiro atoms. The standard InChI is InChI=1S/C12H16ClNO2S/c1-8(14-5-4-9(6-14)7-15)12(16)10-2-3-11(13)17-10/h2-3,8-9,15H,4-7H2,1H3. The smallest absolute Gasteiger partial charge is 0.189 e. The van der Waals surface area contributed by atoms with E-state index in [1.165, 1.54) is 11.3 Å². The second kappa shape index (κ2) is 5.48. The highest BCUT2D eigenvalue weighted by Gasteiger charge is 2.30. The van der Waals surface area contributed by atoms with Gasteiger partial charge in [0.1, 0.15) is 0 Å². The van der Waals surface area contributed by atoms with Crippen molar-refractivity contribution in [3.8, 4) is 0 Å². The minimum Gasteiger partial charge on any atom is -0.396 e. The molecule has 2 heterocycles. The molecule has 1 aromatic rings. The predicted molar refractivity (Wildman–Crippen MR) is 69.9 cm³/mol. The van der Waals surface area contributed by atoms with Crippen LogP contribution in [0.2, 0.25) is 4.34 Å². The first-order valence-electron chi connectivity index (χ1n) is 5.76. The molecule has 2 atom stereocenters. The average molecular weight is 274 g/mol. The van der Waals surface area contributed by atoms with Gasteiger partial charge < -0.3 is 5.11 Å². The van der Waals surface area contributed by atoms with Crippen molar-refractivity contribution < 1.29 is 9.90 Å². The number of ketones is 1. The molecule has 5 heteroatoms. The minimum absolute atomic E-state index is 0.124. The van der Waals surface area contributed by atoms with E-state index in [-0.39, 0.29) is 18.4 Å². The molecule has 1 aliphatic heterocycles. The van der Waals surface area contributed by atoms with Crippen LogP contribution in [0.15, 0.2) is 12.1 Å². The summed E-state index contributed by atoms with van der Waals surface area (Å²) < 4.78 is 0.648. The normalized spacial score (nSPS) is 22.9. The third-order valence-corrected chi connectivity index (χ3v) is 4.56. The largest absolute Gasteiger partial charge is 0.396 e.